The zero-order valence-corrected chi connectivity index (χ0v) is 11.3. The van der Waals surface area contributed by atoms with Crippen LogP contribution < -0.4 is 0 Å². The van der Waals surface area contributed by atoms with Crippen LogP contribution in [0.25, 0.3) is 0 Å². The van der Waals surface area contributed by atoms with Crippen molar-refractivity contribution in [1.82, 2.24) is 9.80 Å². The lowest BCUT2D eigenvalue weighted by Gasteiger charge is -2.42. The summed E-state index contributed by atoms with van der Waals surface area (Å²) in [4.78, 5) is 5.09. The van der Waals surface area contributed by atoms with Crippen molar-refractivity contribution in [2.45, 2.75) is 39.0 Å². The molecule has 2 fully saturated rings. The summed E-state index contributed by atoms with van der Waals surface area (Å²) in [6, 6.07) is 0. The van der Waals surface area contributed by atoms with E-state index in [2.05, 4.69) is 16.7 Å². The van der Waals surface area contributed by atoms with Crippen LogP contribution in [0, 0.1) is 5.41 Å². The highest BCUT2D eigenvalue weighted by Crippen LogP contribution is 2.36. The molecule has 17 heavy (non-hydrogen) atoms. The standard InChI is InChI=1S/C14H28N2O/c1-2-15-8-10-16(11-9-15)12-14(13-17)6-4-3-5-7-14/h17H,2-13H2,1H3. The van der Waals surface area contributed by atoms with Crippen LogP contribution in [0.1, 0.15) is 39.0 Å². The number of nitrogens with zero attached hydrogens (tertiary/aromatic N) is 2. The Balaban J connectivity index is 1.82. The molecule has 2 aliphatic rings. The molecular formula is C14H28N2O. The zero-order chi connectivity index (χ0) is 12.1. The van der Waals surface area contributed by atoms with Crippen LogP contribution in [0.15, 0.2) is 0 Å². The summed E-state index contributed by atoms with van der Waals surface area (Å²) in [5.41, 5.74) is 0.229. The SMILES string of the molecule is CCN1CCN(CC2(CO)CCCCC2)CC1. The van der Waals surface area contributed by atoms with Gasteiger partial charge in [0.15, 0.2) is 0 Å². The van der Waals surface area contributed by atoms with Gasteiger partial charge in [-0.1, -0.05) is 26.2 Å². The van der Waals surface area contributed by atoms with E-state index in [-0.39, 0.29) is 5.41 Å². The molecule has 0 radical (unpaired) electrons. The normalized spacial score (nSPS) is 27.2. The topological polar surface area (TPSA) is 26.7 Å². The number of hydrogen-bond donors (Lipinski definition) is 1. The summed E-state index contributed by atoms with van der Waals surface area (Å²) in [5, 5.41) is 9.73. The third kappa shape index (κ3) is 3.43. The third-order valence-corrected chi connectivity index (χ3v) is 4.72. The summed E-state index contributed by atoms with van der Waals surface area (Å²) in [7, 11) is 0. The minimum Gasteiger partial charge on any atom is -0.396 e. The van der Waals surface area contributed by atoms with E-state index in [1.165, 1.54) is 64.8 Å². The Labute approximate surface area is 106 Å². The van der Waals surface area contributed by atoms with E-state index in [0.717, 1.165) is 6.54 Å². The number of aliphatic hydroxyl groups is 1. The lowest BCUT2D eigenvalue weighted by Crippen LogP contribution is -2.50. The lowest BCUT2D eigenvalue weighted by atomic mass is 9.74. The average molecular weight is 240 g/mol. The number of likely N-dealkylation sites (N-methyl/N-ethyl adjacent to an activating group) is 1. The molecule has 0 amide bonds. The molecule has 2 rings (SSSR count). The summed E-state index contributed by atoms with van der Waals surface area (Å²) < 4.78 is 0. The molecule has 1 aliphatic carbocycles. The lowest BCUT2D eigenvalue weighted by molar-refractivity contribution is 0.0224. The van der Waals surface area contributed by atoms with Crippen molar-refractivity contribution in [2.75, 3.05) is 45.9 Å². The van der Waals surface area contributed by atoms with Crippen LogP contribution in [0.4, 0.5) is 0 Å². The van der Waals surface area contributed by atoms with Gasteiger partial charge in [-0.05, 0) is 19.4 Å². The third-order valence-electron chi connectivity index (χ3n) is 4.72. The zero-order valence-electron chi connectivity index (χ0n) is 11.3. The Morgan fingerprint density at radius 2 is 1.53 bits per heavy atom. The molecule has 3 nitrogen and oxygen atoms in total. The fourth-order valence-corrected chi connectivity index (χ4v) is 3.41. The van der Waals surface area contributed by atoms with Gasteiger partial charge in [-0.25, -0.2) is 0 Å². The maximum absolute atomic E-state index is 9.73. The molecule has 3 heteroatoms. The molecular weight excluding hydrogens is 212 g/mol. The van der Waals surface area contributed by atoms with Crippen LogP contribution in [0.3, 0.4) is 0 Å². The van der Waals surface area contributed by atoms with E-state index in [1.54, 1.807) is 0 Å². The molecule has 1 heterocycles. The molecule has 0 aromatic heterocycles. The maximum Gasteiger partial charge on any atom is 0.0499 e. The number of aliphatic hydroxyl groups excluding tert-OH is 1. The number of rotatable bonds is 4. The second-order valence-electron chi connectivity index (χ2n) is 5.93. The number of piperazine rings is 1. The van der Waals surface area contributed by atoms with Crippen molar-refractivity contribution in [3.63, 3.8) is 0 Å². The molecule has 0 atom stereocenters. The van der Waals surface area contributed by atoms with Crippen LogP contribution in [0.5, 0.6) is 0 Å². The highest BCUT2D eigenvalue weighted by molar-refractivity contribution is 4.86. The van der Waals surface area contributed by atoms with Crippen LogP contribution in [0.2, 0.25) is 0 Å². The Morgan fingerprint density at radius 1 is 0.941 bits per heavy atom. The summed E-state index contributed by atoms with van der Waals surface area (Å²) in [5.74, 6) is 0. The maximum atomic E-state index is 9.73. The minimum absolute atomic E-state index is 0.229. The van der Waals surface area contributed by atoms with Gasteiger partial charge in [-0.15, -0.1) is 0 Å². The van der Waals surface area contributed by atoms with E-state index < -0.39 is 0 Å². The van der Waals surface area contributed by atoms with Gasteiger partial charge in [0.25, 0.3) is 0 Å². The largest absolute Gasteiger partial charge is 0.396 e. The van der Waals surface area contributed by atoms with Gasteiger partial charge in [0.2, 0.25) is 0 Å². The van der Waals surface area contributed by atoms with Gasteiger partial charge in [0, 0.05) is 44.7 Å². The molecule has 1 aliphatic heterocycles. The van der Waals surface area contributed by atoms with Crippen molar-refractivity contribution in [1.29, 1.82) is 0 Å². The Morgan fingerprint density at radius 3 is 2.06 bits per heavy atom. The Hall–Kier alpha value is -0.120. The van der Waals surface area contributed by atoms with Gasteiger partial charge >= 0.3 is 0 Å². The van der Waals surface area contributed by atoms with Gasteiger partial charge in [0.05, 0.1) is 0 Å². The van der Waals surface area contributed by atoms with Gasteiger partial charge in [-0.2, -0.15) is 0 Å². The molecule has 0 aromatic carbocycles. The first-order chi connectivity index (χ1) is 8.28. The molecule has 1 saturated heterocycles. The van der Waals surface area contributed by atoms with Crippen LogP contribution in [-0.2, 0) is 0 Å². The fourth-order valence-electron chi connectivity index (χ4n) is 3.41. The van der Waals surface area contributed by atoms with E-state index in [0.29, 0.717) is 6.61 Å². The summed E-state index contributed by atoms with van der Waals surface area (Å²) >= 11 is 0. The molecule has 0 spiro atoms. The molecule has 1 saturated carbocycles. The predicted octanol–water partition coefficient (Wildman–Crippen LogP) is 1.57. The van der Waals surface area contributed by atoms with Crippen molar-refractivity contribution in [3.05, 3.63) is 0 Å². The molecule has 1 N–H and O–H groups in total. The second kappa shape index (κ2) is 6.17. The first-order valence-electron chi connectivity index (χ1n) is 7.33. The summed E-state index contributed by atoms with van der Waals surface area (Å²) in [6.45, 7) is 9.73. The Bertz CT molecular complexity index is 218. The smallest absolute Gasteiger partial charge is 0.0499 e. The first-order valence-corrected chi connectivity index (χ1v) is 7.33. The molecule has 0 aromatic rings. The van der Waals surface area contributed by atoms with Gasteiger partial charge < -0.3 is 14.9 Å². The van der Waals surface area contributed by atoms with Crippen LogP contribution >= 0.6 is 0 Å². The predicted molar refractivity (Wildman–Crippen MR) is 71.2 cm³/mol. The first kappa shape index (κ1) is 13.3. The van der Waals surface area contributed by atoms with E-state index in [4.69, 9.17) is 0 Å². The van der Waals surface area contributed by atoms with Crippen LogP contribution in [-0.4, -0.2) is 60.8 Å². The summed E-state index contributed by atoms with van der Waals surface area (Å²) in [6.07, 6.45) is 6.46. The molecule has 0 unspecified atom stereocenters. The van der Waals surface area contributed by atoms with Crippen molar-refractivity contribution in [3.8, 4) is 0 Å². The van der Waals surface area contributed by atoms with E-state index in [9.17, 15) is 5.11 Å². The monoisotopic (exact) mass is 240 g/mol. The molecule has 0 bridgehead atoms. The van der Waals surface area contributed by atoms with E-state index in [1.807, 2.05) is 0 Å². The minimum atomic E-state index is 0.229. The van der Waals surface area contributed by atoms with Crippen molar-refractivity contribution < 1.29 is 5.11 Å². The Kier molecular flexibility index (Phi) is 4.83. The highest BCUT2D eigenvalue weighted by Gasteiger charge is 2.33. The van der Waals surface area contributed by atoms with Crippen molar-refractivity contribution in [2.24, 2.45) is 5.41 Å². The van der Waals surface area contributed by atoms with E-state index >= 15 is 0 Å². The number of hydrogen-bond acceptors (Lipinski definition) is 3. The molecule has 100 valence electrons. The van der Waals surface area contributed by atoms with Gasteiger partial charge in [-0.3, -0.25) is 0 Å². The highest BCUT2D eigenvalue weighted by atomic mass is 16.3. The fraction of sp³-hybridized carbons (Fsp3) is 1.00. The van der Waals surface area contributed by atoms with Crippen molar-refractivity contribution >= 4 is 0 Å². The quantitative estimate of drug-likeness (QED) is 0.808. The van der Waals surface area contributed by atoms with Gasteiger partial charge in [0.1, 0.15) is 0 Å². The second-order valence-corrected chi connectivity index (χ2v) is 5.93. The average Bonchev–Trinajstić information content (AvgIpc) is 2.41.